The molecule has 0 aliphatic carbocycles. The van der Waals surface area contributed by atoms with Gasteiger partial charge in [0.1, 0.15) is 0 Å². The first-order valence-electron chi connectivity index (χ1n) is 5.30. The second-order valence-electron chi connectivity index (χ2n) is 6.29. The zero-order valence-corrected chi connectivity index (χ0v) is 10.2. The Morgan fingerprint density at radius 1 is 1.07 bits per heavy atom. The molecule has 0 saturated carbocycles. The zero-order chi connectivity index (χ0) is 11.2. The van der Waals surface area contributed by atoms with Crippen LogP contribution in [-0.2, 0) is 9.53 Å². The van der Waals surface area contributed by atoms with Crippen molar-refractivity contribution in [1.82, 2.24) is 0 Å². The quantitative estimate of drug-likeness (QED) is 0.559. The summed E-state index contributed by atoms with van der Waals surface area (Å²) in [5.74, 6) is -0.0162. The van der Waals surface area contributed by atoms with Gasteiger partial charge in [0, 0.05) is 0 Å². The molecule has 14 heavy (non-hydrogen) atoms. The molecule has 2 heteroatoms. The summed E-state index contributed by atoms with van der Waals surface area (Å²) in [5, 5.41) is 0. The lowest BCUT2D eigenvalue weighted by Crippen LogP contribution is -2.49. The van der Waals surface area contributed by atoms with Gasteiger partial charge in [-0.1, -0.05) is 41.5 Å². The minimum absolute atomic E-state index is 0.0162. The minimum atomic E-state index is -0.333. The number of ether oxygens (including phenoxy) is 1. The third kappa shape index (κ3) is 1.35. The van der Waals surface area contributed by atoms with Crippen LogP contribution in [0.15, 0.2) is 0 Å². The standard InChI is InChI=1S/C12H22O2/c1-10(2,3)12(11(4,5)6)7-8-14-9(12)13/h7-8H2,1-6H3. The summed E-state index contributed by atoms with van der Waals surface area (Å²) in [6.07, 6.45) is 0.846. The molecule has 0 aromatic heterocycles. The fourth-order valence-corrected chi connectivity index (χ4v) is 3.01. The topological polar surface area (TPSA) is 26.3 Å². The van der Waals surface area contributed by atoms with Crippen molar-refractivity contribution in [2.45, 2.75) is 48.0 Å². The molecule has 1 heterocycles. The number of hydrogen-bond donors (Lipinski definition) is 0. The maximum Gasteiger partial charge on any atom is 0.313 e. The third-order valence-electron chi connectivity index (χ3n) is 3.62. The summed E-state index contributed by atoms with van der Waals surface area (Å²) >= 11 is 0. The monoisotopic (exact) mass is 198 g/mol. The van der Waals surface area contributed by atoms with Crippen LogP contribution in [0.2, 0.25) is 0 Å². The van der Waals surface area contributed by atoms with Crippen molar-refractivity contribution in [3.63, 3.8) is 0 Å². The van der Waals surface area contributed by atoms with Crippen LogP contribution in [-0.4, -0.2) is 12.6 Å². The van der Waals surface area contributed by atoms with Gasteiger partial charge < -0.3 is 4.74 Å². The van der Waals surface area contributed by atoms with Crippen molar-refractivity contribution in [1.29, 1.82) is 0 Å². The van der Waals surface area contributed by atoms with Crippen LogP contribution in [0.4, 0.5) is 0 Å². The lowest BCUT2D eigenvalue weighted by Gasteiger charge is -2.47. The Morgan fingerprint density at radius 2 is 1.50 bits per heavy atom. The number of cyclic esters (lactones) is 1. The summed E-state index contributed by atoms with van der Waals surface area (Å²) in [4.78, 5) is 12.0. The average molecular weight is 198 g/mol. The average Bonchev–Trinajstić information content (AvgIpc) is 2.27. The molecular formula is C12H22O2. The molecule has 0 aromatic rings. The van der Waals surface area contributed by atoms with E-state index in [1.54, 1.807) is 0 Å². The normalized spacial score (nSPS) is 22.3. The molecule has 1 aliphatic heterocycles. The van der Waals surface area contributed by atoms with Gasteiger partial charge in [0.05, 0.1) is 12.0 Å². The number of carbonyl (C=O) groups excluding carboxylic acids is 1. The van der Waals surface area contributed by atoms with Crippen LogP contribution >= 0.6 is 0 Å². The Balaban J connectivity index is 3.23. The molecule has 0 spiro atoms. The first-order chi connectivity index (χ1) is 6.13. The fraction of sp³-hybridized carbons (Fsp3) is 0.917. The van der Waals surface area contributed by atoms with E-state index in [0.29, 0.717) is 6.61 Å². The Bertz CT molecular complexity index is 226. The molecule has 1 saturated heterocycles. The predicted molar refractivity (Wildman–Crippen MR) is 56.9 cm³/mol. The van der Waals surface area contributed by atoms with Crippen molar-refractivity contribution in [3.8, 4) is 0 Å². The summed E-state index contributed by atoms with van der Waals surface area (Å²) in [5.41, 5.74) is -0.419. The largest absolute Gasteiger partial charge is 0.465 e. The van der Waals surface area contributed by atoms with Crippen LogP contribution in [0.25, 0.3) is 0 Å². The minimum Gasteiger partial charge on any atom is -0.465 e. The van der Waals surface area contributed by atoms with E-state index in [-0.39, 0.29) is 22.2 Å². The van der Waals surface area contributed by atoms with Crippen molar-refractivity contribution >= 4 is 5.97 Å². The van der Waals surface area contributed by atoms with Crippen LogP contribution < -0.4 is 0 Å². The molecule has 0 radical (unpaired) electrons. The van der Waals surface area contributed by atoms with E-state index < -0.39 is 0 Å². The van der Waals surface area contributed by atoms with Crippen molar-refractivity contribution in [3.05, 3.63) is 0 Å². The molecule has 1 fully saturated rings. The molecule has 0 unspecified atom stereocenters. The van der Waals surface area contributed by atoms with Gasteiger partial charge in [-0.15, -0.1) is 0 Å². The zero-order valence-electron chi connectivity index (χ0n) is 10.2. The van der Waals surface area contributed by atoms with Crippen molar-refractivity contribution in [2.24, 2.45) is 16.2 Å². The van der Waals surface area contributed by atoms with E-state index in [0.717, 1.165) is 6.42 Å². The highest BCUT2D eigenvalue weighted by Crippen LogP contribution is 2.56. The maximum atomic E-state index is 12.0. The van der Waals surface area contributed by atoms with E-state index in [4.69, 9.17) is 4.74 Å². The summed E-state index contributed by atoms with van der Waals surface area (Å²) in [7, 11) is 0. The Kier molecular flexibility index (Phi) is 2.46. The van der Waals surface area contributed by atoms with Crippen LogP contribution in [0.3, 0.4) is 0 Å². The molecule has 0 bridgehead atoms. The molecule has 82 valence electrons. The SMILES string of the molecule is CC(C)(C)C1(C(C)(C)C)CCOC1=O. The van der Waals surface area contributed by atoms with Gasteiger partial charge in [-0.3, -0.25) is 4.79 Å². The van der Waals surface area contributed by atoms with Crippen LogP contribution in [0.1, 0.15) is 48.0 Å². The van der Waals surface area contributed by atoms with Crippen LogP contribution in [0.5, 0.6) is 0 Å². The maximum absolute atomic E-state index is 12.0. The fourth-order valence-electron chi connectivity index (χ4n) is 3.01. The molecule has 0 N–H and O–H groups in total. The molecule has 0 aromatic carbocycles. The smallest absolute Gasteiger partial charge is 0.313 e. The van der Waals surface area contributed by atoms with Crippen LogP contribution in [0, 0.1) is 16.2 Å². The first-order valence-corrected chi connectivity index (χ1v) is 5.30. The summed E-state index contributed by atoms with van der Waals surface area (Å²) in [6.45, 7) is 13.4. The Morgan fingerprint density at radius 3 is 1.64 bits per heavy atom. The molecule has 0 amide bonds. The highest BCUT2D eigenvalue weighted by molar-refractivity contribution is 5.80. The van der Waals surface area contributed by atoms with Crippen molar-refractivity contribution in [2.75, 3.05) is 6.61 Å². The highest BCUT2D eigenvalue weighted by atomic mass is 16.5. The van der Waals surface area contributed by atoms with E-state index in [2.05, 4.69) is 41.5 Å². The second kappa shape index (κ2) is 2.98. The Labute approximate surface area is 87.0 Å². The van der Waals surface area contributed by atoms with Crippen molar-refractivity contribution < 1.29 is 9.53 Å². The van der Waals surface area contributed by atoms with Gasteiger partial charge in [-0.2, -0.15) is 0 Å². The summed E-state index contributed by atoms with van der Waals surface area (Å²) < 4.78 is 5.18. The molecule has 2 nitrogen and oxygen atoms in total. The highest BCUT2D eigenvalue weighted by Gasteiger charge is 2.59. The molecule has 1 aliphatic rings. The summed E-state index contributed by atoms with van der Waals surface area (Å²) in [6, 6.07) is 0. The van der Waals surface area contributed by atoms with E-state index in [9.17, 15) is 4.79 Å². The van der Waals surface area contributed by atoms with Gasteiger partial charge in [-0.05, 0) is 17.3 Å². The van der Waals surface area contributed by atoms with E-state index >= 15 is 0 Å². The van der Waals surface area contributed by atoms with Gasteiger partial charge in [0.25, 0.3) is 0 Å². The lowest BCUT2D eigenvalue weighted by atomic mass is 9.53. The van der Waals surface area contributed by atoms with Gasteiger partial charge >= 0.3 is 5.97 Å². The number of esters is 1. The predicted octanol–water partition coefficient (Wildman–Crippen LogP) is 3.01. The second-order valence-corrected chi connectivity index (χ2v) is 6.29. The lowest BCUT2D eigenvalue weighted by molar-refractivity contribution is -0.160. The van der Waals surface area contributed by atoms with Gasteiger partial charge in [0.15, 0.2) is 0 Å². The van der Waals surface area contributed by atoms with E-state index in [1.807, 2.05) is 0 Å². The molecular weight excluding hydrogens is 176 g/mol. The third-order valence-corrected chi connectivity index (χ3v) is 3.62. The molecule has 1 rings (SSSR count). The first kappa shape index (κ1) is 11.5. The van der Waals surface area contributed by atoms with E-state index in [1.165, 1.54) is 0 Å². The molecule has 0 atom stereocenters. The number of hydrogen-bond acceptors (Lipinski definition) is 2. The number of carbonyl (C=O) groups is 1. The van der Waals surface area contributed by atoms with Gasteiger partial charge in [-0.25, -0.2) is 0 Å². The van der Waals surface area contributed by atoms with Gasteiger partial charge in [0.2, 0.25) is 0 Å². The Hall–Kier alpha value is -0.530. The number of rotatable bonds is 0.